The molecular weight excluding hydrogens is 328 g/mol. The lowest BCUT2D eigenvalue weighted by atomic mass is 10.1. The van der Waals surface area contributed by atoms with E-state index >= 15 is 0 Å². The Hall–Kier alpha value is -2.24. The summed E-state index contributed by atoms with van der Waals surface area (Å²) in [5.74, 6) is 1.07. The van der Waals surface area contributed by atoms with Gasteiger partial charge in [-0.15, -0.1) is 11.3 Å². The molecular formula is C20H22N4S. The summed E-state index contributed by atoms with van der Waals surface area (Å²) >= 11 is 1.70. The van der Waals surface area contributed by atoms with Gasteiger partial charge in [0, 0.05) is 43.7 Å². The van der Waals surface area contributed by atoms with E-state index < -0.39 is 0 Å². The zero-order chi connectivity index (χ0) is 17.2. The highest BCUT2D eigenvalue weighted by molar-refractivity contribution is 7.17. The van der Waals surface area contributed by atoms with Gasteiger partial charge in [-0.3, -0.25) is 4.90 Å². The predicted molar refractivity (Wildman–Crippen MR) is 106 cm³/mol. The molecule has 0 aliphatic carbocycles. The third-order valence-corrected chi connectivity index (χ3v) is 5.49. The van der Waals surface area contributed by atoms with Crippen LogP contribution in [0.5, 0.6) is 0 Å². The van der Waals surface area contributed by atoms with E-state index in [0.717, 1.165) is 43.4 Å². The van der Waals surface area contributed by atoms with Crippen LogP contribution >= 0.6 is 11.3 Å². The number of hydrogen-bond acceptors (Lipinski definition) is 5. The first-order valence-electron chi connectivity index (χ1n) is 8.61. The first-order chi connectivity index (χ1) is 12.2. The molecule has 5 heteroatoms. The first-order valence-corrected chi connectivity index (χ1v) is 9.49. The molecule has 0 radical (unpaired) electrons. The molecule has 1 aliphatic rings. The second kappa shape index (κ2) is 6.94. The second-order valence-electron chi connectivity index (χ2n) is 6.61. The molecule has 0 atom stereocenters. The SMILES string of the molecule is C=C(C)CN1CCN(c2ncnc3scc(-c4ccccc4)c23)CC1. The van der Waals surface area contributed by atoms with Crippen LogP contribution in [0.25, 0.3) is 21.3 Å². The third-order valence-electron chi connectivity index (χ3n) is 4.60. The Kier molecular flexibility index (Phi) is 4.51. The minimum absolute atomic E-state index is 0.987. The van der Waals surface area contributed by atoms with Crippen LogP contribution in [0.15, 0.2) is 54.2 Å². The smallest absolute Gasteiger partial charge is 0.141 e. The van der Waals surface area contributed by atoms with Crippen molar-refractivity contribution in [1.29, 1.82) is 0 Å². The van der Waals surface area contributed by atoms with Crippen molar-refractivity contribution in [2.75, 3.05) is 37.6 Å². The van der Waals surface area contributed by atoms with E-state index in [2.05, 4.69) is 69.0 Å². The van der Waals surface area contributed by atoms with Gasteiger partial charge in [0.1, 0.15) is 17.0 Å². The van der Waals surface area contributed by atoms with E-state index in [0.29, 0.717) is 0 Å². The van der Waals surface area contributed by atoms with Gasteiger partial charge in [-0.1, -0.05) is 42.5 Å². The van der Waals surface area contributed by atoms with Crippen molar-refractivity contribution >= 4 is 27.4 Å². The van der Waals surface area contributed by atoms with Crippen molar-refractivity contribution in [3.8, 4) is 11.1 Å². The molecule has 128 valence electrons. The summed E-state index contributed by atoms with van der Waals surface area (Å²) < 4.78 is 0. The Balaban J connectivity index is 1.67. The number of fused-ring (bicyclic) bond motifs is 1. The molecule has 1 fully saturated rings. The highest BCUT2D eigenvalue weighted by Crippen LogP contribution is 2.37. The summed E-state index contributed by atoms with van der Waals surface area (Å²) in [4.78, 5) is 15.1. The van der Waals surface area contributed by atoms with E-state index in [-0.39, 0.29) is 0 Å². The lowest BCUT2D eigenvalue weighted by Crippen LogP contribution is -2.47. The van der Waals surface area contributed by atoms with Crippen LogP contribution in [0.4, 0.5) is 5.82 Å². The Morgan fingerprint density at radius 1 is 1.12 bits per heavy atom. The number of thiophene rings is 1. The maximum Gasteiger partial charge on any atom is 0.141 e. The summed E-state index contributed by atoms with van der Waals surface area (Å²) in [7, 11) is 0. The molecule has 1 aliphatic heterocycles. The summed E-state index contributed by atoms with van der Waals surface area (Å²) in [6.45, 7) is 11.2. The topological polar surface area (TPSA) is 32.3 Å². The van der Waals surface area contributed by atoms with Gasteiger partial charge >= 0.3 is 0 Å². The average Bonchev–Trinajstić information content (AvgIpc) is 3.07. The second-order valence-corrected chi connectivity index (χ2v) is 7.47. The van der Waals surface area contributed by atoms with Crippen molar-refractivity contribution in [1.82, 2.24) is 14.9 Å². The molecule has 2 aromatic heterocycles. The van der Waals surface area contributed by atoms with Gasteiger partial charge in [0.25, 0.3) is 0 Å². The molecule has 0 saturated carbocycles. The molecule has 4 rings (SSSR count). The van der Waals surface area contributed by atoms with Gasteiger partial charge in [0.15, 0.2) is 0 Å². The fraction of sp³-hybridized carbons (Fsp3) is 0.300. The van der Waals surface area contributed by atoms with Crippen LogP contribution in [0.3, 0.4) is 0 Å². The van der Waals surface area contributed by atoms with Crippen LogP contribution in [0, 0.1) is 0 Å². The van der Waals surface area contributed by atoms with E-state index in [1.807, 2.05) is 0 Å². The van der Waals surface area contributed by atoms with Gasteiger partial charge in [0.2, 0.25) is 0 Å². The molecule has 0 bridgehead atoms. The van der Waals surface area contributed by atoms with Crippen molar-refractivity contribution in [3.05, 3.63) is 54.2 Å². The summed E-state index contributed by atoms with van der Waals surface area (Å²) in [6.07, 6.45) is 1.70. The van der Waals surface area contributed by atoms with Crippen molar-refractivity contribution in [3.63, 3.8) is 0 Å². The maximum absolute atomic E-state index is 4.66. The molecule has 0 spiro atoms. The molecule has 3 heterocycles. The summed E-state index contributed by atoms with van der Waals surface area (Å²) in [6, 6.07) is 10.5. The van der Waals surface area contributed by atoms with Gasteiger partial charge in [-0.2, -0.15) is 0 Å². The zero-order valence-electron chi connectivity index (χ0n) is 14.5. The van der Waals surface area contributed by atoms with Crippen molar-refractivity contribution in [2.45, 2.75) is 6.92 Å². The lowest BCUT2D eigenvalue weighted by molar-refractivity contribution is 0.278. The number of hydrogen-bond donors (Lipinski definition) is 0. The van der Waals surface area contributed by atoms with Crippen LogP contribution in [0.2, 0.25) is 0 Å². The molecule has 0 amide bonds. The van der Waals surface area contributed by atoms with Gasteiger partial charge in [0.05, 0.1) is 5.39 Å². The van der Waals surface area contributed by atoms with E-state index in [1.54, 1.807) is 17.7 Å². The maximum atomic E-state index is 4.66. The number of anilines is 1. The predicted octanol–water partition coefficient (Wildman–Crippen LogP) is 4.06. The monoisotopic (exact) mass is 350 g/mol. The van der Waals surface area contributed by atoms with E-state index in [9.17, 15) is 0 Å². The van der Waals surface area contributed by atoms with Gasteiger partial charge in [-0.05, 0) is 12.5 Å². The fourth-order valence-electron chi connectivity index (χ4n) is 3.43. The van der Waals surface area contributed by atoms with Gasteiger partial charge in [-0.25, -0.2) is 9.97 Å². The minimum Gasteiger partial charge on any atom is -0.353 e. The minimum atomic E-state index is 0.987. The molecule has 1 aromatic carbocycles. The molecule has 0 N–H and O–H groups in total. The van der Waals surface area contributed by atoms with Crippen molar-refractivity contribution < 1.29 is 0 Å². The third kappa shape index (κ3) is 3.30. The van der Waals surface area contributed by atoms with Crippen molar-refractivity contribution in [2.24, 2.45) is 0 Å². The number of benzene rings is 1. The quantitative estimate of drug-likeness (QED) is 0.664. The van der Waals surface area contributed by atoms with Crippen LogP contribution < -0.4 is 4.90 Å². The van der Waals surface area contributed by atoms with E-state index in [1.165, 1.54) is 22.1 Å². The average molecular weight is 350 g/mol. The van der Waals surface area contributed by atoms with Crippen LogP contribution in [0.1, 0.15) is 6.92 Å². The normalized spacial score (nSPS) is 15.6. The molecule has 3 aromatic rings. The highest BCUT2D eigenvalue weighted by Gasteiger charge is 2.22. The van der Waals surface area contributed by atoms with Crippen LogP contribution in [-0.4, -0.2) is 47.6 Å². The highest BCUT2D eigenvalue weighted by atomic mass is 32.1. The Labute approximate surface area is 152 Å². The zero-order valence-corrected chi connectivity index (χ0v) is 15.3. The van der Waals surface area contributed by atoms with E-state index in [4.69, 9.17) is 0 Å². The number of piperazine rings is 1. The molecule has 4 nitrogen and oxygen atoms in total. The Morgan fingerprint density at radius 3 is 2.60 bits per heavy atom. The number of aromatic nitrogens is 2. The van der Waals surface area contributed by atoms with Gasteiger partial charge < -0.3 is 4.90 Å². The molecule has 1 saturated heterocycles. The largest absolute Gasteiger partial charge is 0.353 e. The Morgan fingerprint density at radius 2 is 1.88 bits per heavy atom. The summed E-state index contributed by atoms with van der Waals surface area (Å²) in [5.41, 5.74) is 3.69. The number of nitrogens with zero attached hydrogens (tertiary/aromatic N) is 4. The number of rotatable bonds is 4. The molecule has 0 unspecified atom stereocenters. The Bertz CT molecular complexity index is 879. The standard InChI is InChI=1S/C20H22N4S/c1-15(2)12-23-8-10-24(11-9-23)19-18-17(16-6-4-3-5-7-16)13-25-20(18)22-14-21-19/h3-7,13-14H,1,8-12H2,2H3. The fourth-order valence-corrected chi connectivity index (χ4v) is 4.34. The first kappa shape index (κ1) is 16.2. The lowest BCUT2D eigenvalue weighted by Gasteiger charge is -2.35. The van der Waals surface area contributed by atoms with Crippen LogP contribution in [-0.2, 0) is 0 Å². The summed E-state index contributed by atoms with van der Waals surface area (Å²) in [5, 5.41) is 3.39. The molecule has 25 heavy (non-hydrogen) atoms.